The topological polar surface area (TPSA) is 61.2 Å². The molecule has 3 rings (SSSR count). The van der Waals surface area contributed by atoms with Gasteiger partial charge in [-0.05, 0) is 45.7 Å². The van der Waals surface area contributed by atoms with Gasteiger partial charge in [0.05, 0.1) is 16.5 Å². The quantitative estimate of drug-likeness (QED) is 0.388. The third-order valence-corrected chi connectivity index (χ3v) is 17.0. The van der Waals surface area contributed by atoms with Crippen molar-refractivity contribution in [2.45, 2.75) is 89.4 Å². The zero-order valence-electron chi connectivity index (χ0n) is 20.5. The second-order valence-corrected chi connectivity index (χ2v) is 18.3. The van der Waals surface area contributed by atoms with Crippen LogP contribution in [0.3, 0.4) is 0 Å². The minimum atomic E-state index is -3.60. The molecule has 0 spiro atoms. The predicted octanol–water partition coefficient (Wildman–Crippen LogP) is 6.23. The van der Waals surface area contributed by atoms with E-state index in [-0.39, 0.29) is 11.8 Å². The van der Waals surface area contributed by atoms with Gasteiger partial charge in [0.25, 0.3) is 0 Å². The average Bonchev–Trinajstić information content (AvgIpc) is 3.08. The first kappa shape index (κ1) is 24.2. The molecule has 1 saturated heterocycles. The number of nitriles is 1. The normalized spacial score (nSPS) is 27.2. The second-order valence-electron chi connectivity index (χ2n) is 10.7. The number of benzene rings is 1. The first-order valence-corrected chi connectivity index (χ1v) is 15.3. The summed E-state index contributed by atoms with van der Waals surface area (Å²) in [5, 5.41) is 11.7. The van der Waals surface area contributed by atoms with E-state index in [2.05, 4.69) is 68.4 Å². The van der Waals surface area contributed by atoms with Crippen molar-refractivity contribution in [1.82, 2.24) is 4.31 Å². The van der Waals surface area contributed by atoms with Gasteiger partial charge in [0.15, 0.2) is 0 Å². The lowest BCUT2D eigenvalue weighted by Crippen LogP contribution is -2.50. The molecule has 4 nitrogen and oxygen atoms in total. The Morgan fingerprint density at radius 2 is 1.58 bits per heavy atom. The van der Waals surface area contributed by atoms with Gasteiger partial charge in [-0.1, -0.05) is 80.5 Å². The zero-order chi connectivity index (χ0) is 23.5. The molecule has 31 heavy (non-hydrogen) atoms. The van der Waals surface area contributed by atoms with Crippen LogP contribution >= 0.6 is 0 Å². The summed E-state index contributed by atoms with van der Waals surface area (Å²) in [6.45, 7) is 20.4. The van der Waals surface area contributed by atoms with Gasteiger partial charge in [-0.2, -0.15) is 9.57 Å². The molecule has 2 heterocycles. The van der Waals surface area contributed by atoms with E-state index < -0.39 is 23.6 Å². The number of sulfonamides is 1. The van der Waals surface area contributed by atoms with Gasteiger partial charge in [-0.3, -0.25) is 0 Å². The van der Waals surface area contributed by atoms with Gasteiger partial charge in [0, 0.05) is 11.7 Å². The lowest BCUT2D eigenvalue weighted by Gasteiger charge is -2.46. The molecule has 0 unspecified atom stereocenters. The zero-order valence-corrected chi connectivity index (χ0v) is 22.3. The molecule has 0 N–H and O–H groups in total. The van der Waals surface area contributed by atoms with Gasteiger partial charge in [0.2, 0.25) is 10.0 Å². The highest BCUT2D eigenvalue weighted by Crippen LogP contribution is 2.61. The van der Waals surface area contributed by atoms with Crippen LogP contribution in [0.2, 0.25) is 16.6 Å². The average molecular weight is 459 g/mol. The number of allylic oxidation sites excluding steroid dienone is 1. The molecule has 170 valence electrons. The number of rotatable bonds is 5. The number of fused-ring (bicyclic) bond motifs is 3. The smallest absolute Gasteiger partial charge is 0.207 e. The molecule has 1 aromatic rings. The number of nitrogens with zero attached hydrogens (tertiary/aromatic N) is 2. The van der Waals surface area contributed by atoms with Crippen LogP contribution in [0.5, 0.6) is 0 Å². The molecule has 0 aliphatic carbocycles. The molecule has 2 atom stereocenters. The fraction of sp³-hybridized carbons (Fsp3) is 0.640. The Bertz CT molecular complexity index is 1030. The van der Waals surface area contributed by atoms with E-state index in [9.17, 15) is 13.7 Å². The molecule has 0 radical (unpaired) electrons. The summed E-state index contributed by atoms with van der Waals surface area (Å²) in [4.78, 5) is 0.413. The molecule has 2 aliphatic heterocycles. The molecule has 1 fully saturated rings. The number of hydrogen-bond donors (Lipinski definition) is 0. The van der Waals surface area contributed by atoms with Crippen LogP contribution in [0.4, 0.5) is 0 Å². The summed E-state index contributed by atoms with van der Waals surface area (Å²) >= 11 is 0. The summed E-state index contributed by atoms with van der Waals surface area (Å²) in [5.41, 5.74) is 2.32. The highest BCUT2D eigenvalue weighted by Gasteiger charge is 2.64. The van der Waals surface area contributed by atoms with E-state index >= 15 is 0 Å². The Labute approximate surface area is 190 Å². The Hall–Kier alpha value is -1.42. The first-order chi connectivity index (χ1) is 14.3. The van der Waals surface area contributed by atoms with Crippen molar-refractivity contribution in [3.8, 4) is 6.07 Å². The van der Waals surface area contributed by atoms with Crippen LogP contribution in [0, 0.1) is 23.2 Å². The predicted molar refractivity (Wildman–Crippen MR) is 130 cm³/mol. The SMILES string of the molecule is CC(C)[C@@]12/C(=C(\C#N)[Si](C(C)C)(C(C)C)C(C)C)[C@@H](C)CN1S(=O)(=O)c1ccccc12. The van der Waals surface area contributed by atoms with E-state index in [4.69, 9.17) is 0 Å². The molecule has 0 amide bonds. The molecule has 1 aromatic carbocycles. The highest BCUT2D eigenvalue weighted by atomic mass is 32.2. The van der Waals surface area contributed by atoms with Crippen LogP contribution < -0.4 is 0 Å². The van der Waals surface area contributed by atoms with Crippen LogP contribution in [-0.4, -0.2) is 27.3 Å². The van der Waals surface area contributed by atoms with Crippen molar-refractivity contribution < 1.29 is 8.42 Å². The minimum absolute atomic E-state index is 0.0170. The van der Waals surface area contributed by atoms with Crippen molar-refractivity contribution in [3.63, 3.8) is 0 Å². The summed E-state index contributed by atoms with van der Waals surface area (Å²) in [6.07, 6.45) is 0. The largest absolute Gasteiger partial charge is 0.244 e. The third kappa shape index (κ3) is 2.89. The third-order valence-electron chi connectivity index (χ3n) is 8.12. The van der Waals surface area contributed by atoms with Gasteiger partial charge >= 0.3 is 0 Å². The Morgan fingerprint density at radius 3 is 2.03 bits per heavy atom. The van der Waals surface area contributed by atoms with Gasteiger partial charge in [-0.15, -0.1) is 0 Å². The van der Waals surface area contributed by atoms with E-state index in [1.807, 2.05) is 12.1 Å². The first-order valence-electron chi connectivity index (χ1n) is 11.6. The molecular formula is C25H38N2O2SSi. The highest BCUT2D eigenvalue weighted by molar-refractivity contribution is 7.89. The maximum absolute atomic E-state index is 13.7. The van der Waals surface area contributed by atoms with E-state index in [1.54, 1.807) is 16.4 Å². The van der Waals surface area contributed by atoms with Crippen LogP contribution in [0.15, 0.2) is 39.9 Å². The van der Waals surface area contributed by atoms with Crippen molar-refractivity contribution in [2.24, 2.45) is 11.8 Å². The lowest BCUT2D eigenvalue weighted by molar-refractivity contribution is 0.218. The Morgan fingerprint density at radius 1 is 1.06 bits per heavy atom. The minimum Gasteiger partial charge on any atom is -0.207 e. The van der Waals surface area contributed by atoms with Gasteiger partial charge in [0.1, 0.15) is 8.07 Å². The van der Waals surface area contributed by atoms with Crippen molar-refractivity contribution in [3.05, 3.63) is 40.6 Å². The van der Waals surface area contributed by atoms with Crippen molar-refractivity contribution in [2.75, 3.05) is 6.54 Å². The summed E-state index contributed by atoms with van der Waals surface area (Å²) in [7, 11) is -5.88. The van der Waals surface area contributed by atoms with Crippen molar-refractivity contribution in [1.29, 1.82) is 5.26 Å². The fourth-order valence-electron chi connectivity index (χ4n) is 7.29. The Balaban J connectivity index is 2.56. The molecular weight excluding hydrogens is 420 g/mol. The molecule has 0 bridgehead atoms. The summed E-state index contributed by atoms with van der Waals surface area (Å²) < 4.78 is 29.0. The maximum atomic E-state index is 13.7. The molecule has 2 aliphatic rings. The van der Waals surface area contributed by atoms with Crippen LogP contribution in [-0.2, 0) is 15.6 Å². The van der Waals surface area contributed by atoms with Crippen LogP contribution in [0.25, 0.3) is 0 Å². The van der Waals surface area contributed by atoms with E-state index in [0.717, 1.165) is 16.3 Å². The van der Waals surface area contributed by atoms with E-state index in [0.29, 0.717) is 28.1 Å². The fourth-order valence-corrected chi connectivity index (χ4v) is 16.3. The van der Waals surface area contributed by atoms with E-state index in [1.165, 1.54) is 0 Å². The lowest BCUT2D eigenvalue weighted by atomic mass is 9.73. The molecule has 0 saturated carbocycles. The summed E-state index contributed by atoms with van der Waals surface area (Å²) in [6, 6.07) is 10.2. The molecule has 6 heteroatoms. The monoisotopic (exact) mass is 458 g/mol. The maximum Gasteiger partial charge on any atom is 0.244 e. The number of hydrogen-bond acceptors (Lipinski definition) is 3. The van der Waals surface area contributed by atoms with Gasteiger partial charge < -0.3 is 0 Å². The van der Waals surface area contributed by atoms with Crippen molar-refractivity contribution >= 4 is 18.1 Å². The van der Waals surface area contributed by atoms with Crippen LogP contribution in [0.1, 0.15) is 67.9 Å². The van der Waals surface area contributed by atoms with Gasteiger partial charge in [-0.25, -0.2) is 8.42 Å². The standard InChI is InChI=1S/C25H38N2O2SSi/c1-16(2)25-21-12-10-11-13-22(21)30(28,29)27(25)15-20(9)24(25)23(14-26)31(17(3)4,18(5)6)19(7)8/h10-13,16-20H,15H2,1-9H3/b24-23+/t20-,25+/m0/s1. The summed E-state index contributed by atoms with van der Waals surface area (Å²) in [5.74, 6) is 0.0377. The molecule has 0 aromatic heterocycles. The second kappa shape index (κ2) is 7.86. The Kier molecular flexibility index (Phi) is 6.14.